The Bertz CT molecular complexity index is 558. The first-order valence-corrected chi connectivity index (χ1v) is 7.58. The lowest BCUT2D eigenvalue weighted by Crippen LogP contribution is -2.17. The molecule has 0 unspecified atom stereocenters. The van der Waals surface area contributed by atoms with Crippen molar-refractivity contribution in [2.45, 2.75) is 27.2 Å². The van der Waals surface area contributed by atoms with E-state index in [2.05, 4.69) is 43.1 Å². The van der Waals surface area contributed by atoms with Crippen LogP contribution in [0.5, 0.6) is 0 Å². The van der Waals surface area contributed by atoms with Gasteiger partial charge in [0.15, 0.2) is 5.82 Å². The summed E-state index contributed by atoms with van der Waals surface area (Å²) < 4.78 is 0.956. The van der Waals surface area contributed by atoms with Crippen LogP contribution < -0.4 is 5.32 Å². The molecule has 4 nitrogen and oxygen atoms in total. The van der Waals surface area contributed by atoms with Gasteiger partial charge in [0.25, 0.3) is 0 Å². The molecule has 0 aliphatic heterocycles. The van der Waals surface area contributed by atoms with Crippen molar-refractivity contribution in [3.05, 3.63) is 39.8 Å². The van der Waals surface area contributed by atoms with Gasteiger partial charge in [0.2, 0.25) is 0 Å². The molecular formula is C15H19BrN4. The van der Waals surface area contributed by atoms with Crippen molar-refractivity contribution >= 4 is 15.9 Å². The Hall–Kier alpha value is -1.33. The van der Waals surface area contributed by atoms with Gasteiger partial charge in [0.05, 0.1) is 0 Å². The van der Waals surface area contributed by atoms with Crippen LogP contribution in [0.3, 0.4) is 0 Å². The quantitative estimate of drug-likeness (QED) is 0.853. The maximum atomic E-state index is 4.60. The fourth-order valence-corrected chi connectivity index (χ4v) is 2.35. The van der Waals surface area contributed by atoms with E-state index in [1.807, 2.05) is 26.0 Å². The summed E-state index contributed by atoms with van der Waals surface area (Å²) in [6.07, 6.45) is 2.72. The maximum Gasteiger partial charge on any atom is 0.178 e. The van der Waals surface area contributed by atoms with Crippen LogP contribution in [0.25, 0.3) is 11.5 Å². The van der Waals surface area contributed by atoms with Crippen LogP contribution in [0.1, 0.15) is 23.9 Å². The molecule has 0 saturated carbocycles. The molecule has 2 aromatic heterocycles. The van der Waals surface area contributed by atoms with Crippen LogP contribution in [-0.2, 0) is 6.42 Å². The summed E-state index contributed by atoms with van der Waals surface area (Å²) in [7, 11) is 0. The minimum atomic E-state index is 0.694. The van der Waals surface area contributed by atoms with E-state index in [0.717, 1.165) is 41.1 Å². The maximum absolute atomic E-state index is 4.60. The zero-order valence-electron chi connectivity index (χ0n) is 12.1. The first-order valence-electron chi connectivity index (χ1n) is 6.78. The smallest absolute Gasteiger partial charge is 0.178 e. The Morgan fingerprint density at radius 3 is 2.40 bits per heavy atom. The number of likely N-dealkylation sites (N-methyl/N-ethyl adjacent to an activating group) is 1. The highest BCUT2D eigenvalue weighted by atomic mass is 79.9. The Morgan fingerprint density at radius 2 is 1.85 bits per heavy atom. The predicted octanol–water partition coefficient (Wildman–Crippen LogP) is 3.07. The van der Waals surface area contributed by atoms with E-state index in [9.17, 15) is 0 Å². The van der Waals surface area contributed by atoms with Crippen molar-refractivity contribution in [2.75, 3.05) is 13.1 Å². The van der Waals surface area contributed by atoms with Gasteiger partial charge in [-0.05, 0) is 67.0 Å². The number of aryl methyl sites for hydroxylation is 2. The standard InChI is InChI=1S/C15H19BrN4/c1-4-17-8-7-13-10(2)19-15(20-11(13)3)14-6-5-12(16)9-18-14/h5-6,9,17H,4,7-8H2,1-3H3. The molecule has 2 aromatic rings. The molecular weight excluding hydrogens is 316 g/mol. The van der Waals surface area contributed by atoms with Gasteiger partial charge in [-0.1, -0.05) is 6.92 Å². The Morgan fingerprint density at radius 1 is 1.15 bits per heavy atom. The van der Waals surface area contributed by atoms with E-state index in [-0.39, 0.29) is 0 Å². The minimum Gasteiger partial charge on any atom is -0.317 e. The van der Waals surface area contributed by atoms with Crippen LogP contribution in [0.4, 0.5) is 0 Å². The molecule has 5 heteroatoms. The third-order valence-corrected chi connectivity index (χ3v) is 3.65. The van der Waals surface area contributed by atoms with E-state index >= 15 is 0 Å². The van der Waals surface area contributed by atoms with Crippen LogP contribution in [0, 0.1) is 13.8 Å². The molecule has 106 valence electrons. The van der Waals surface area contributed by atoms with Gasteiger partial charge in [-0.25, -0.2) is 9.97 Å². The number of nitrogens with one attached hydrogen (secondary N) is 1. The fourth-order valence-electron chi connectivity index (χ4n) is 2.11. The number of halogens is 1. The van der Waals surface area contributed by atoms with E-state index < -0.39 is 0 Å². The average molecular weight is 335 g/mol. The molecule has 0 radical (unpaired) electrons. The molecule has 0 aromatic carbocycles. The molecule has 2 heterocycles. The first kappa shape index (κ1) is 15.1. The molecule has 1 N–H and O–H groups in total. The molecule has 0 aliphatic carbocycles. The predicted molar refractivity (Wildman–Crippen MR) is 84.7 cm³/mol. The van der Waals surface area contributed by atoms with Crippen molar-refractivity contribution in [1.29, 1.82) is 0 Å². The van der Waals surface area contributed by atoms with Gasteiger partial charge < -0.3 is 5.32 Å². The second-order valence-electron chi connectivity index (χ2n) is 4.66. The molecule has 0 amide bonds. The zero-order chi connectivity index (χ0) is 14.5. The largest absolute Gasteiger partial charge is 0.317 e. The van der Waals surface area contributed by atoms with Gasteiger partial charge in [-0.15, -0.1) is 0 Å². The van der Waals surface area contributed by atoms with Crippen molar-refractivity contribution in [3.8, 4) is 11.5 Å². The van der Waals surface area contributed by atoms with Crippen molar-refractivity contribution in [2.24, 2.45) is 0 Å². The lowest BCUT2D eigenvalue weighted by Gasteiger charge is -2.11. The van der Waals surface area contributed by atoms with Crippen LogP contribution in [0.2, 0.25) is 0 Å². The number of aromatic nitrogens is 3. The SMILES string of the molecule is CCNCCc1c(C)nc(-c2ccc(Br)cn2)nc1C. The number of rotatable bonds is 5. The topological polar surface area (TPSA) is 50.7 Å². The van der Waals surface area contributed by atoms with Gasteiger partial charge in [0.1, 0.15) is 5.69 Å². The number of hydrogen-bond acceptors (Lipinski definition) is 4. The average Bonchev–Trinajstić information content (AvgIpc) is 2.42. The summed E-state index contributed by atoms with van der Waals surface area (Å²) in [6.45, 7) is 8.13. The highest BCUT2D eigenvalue weighted by Crippen LogP contribution is 2.19. The minimum absolute atomic E-state index is 0.694. The molecule has 20 heavy (non-hydrogen) atoms. The summed E-state index contributed by atoms with van der Waals surface area (Å²) in [6, 6.07) is 3.88. The molecule has 0 aliphatic rings. The molecule has 0 bridgehead atoms. The summed E-state index contributed by atoms with van der Waals surface area (Å²) in [5, 5.41) is 3.33. The third-order valence-electron chi connectivity index (χ3n) is 3.18. The summed E-state index contributed by atoms with van der Waals surface area (Å²) >= 11 is 3.38. The lowest BCUT2D eigenvalue weighted by atomic mass is 10.1. The zero-order valence-corrected chi connectivity index (χ0v) is 13.7. The van der Waals surface area contributed by atoms with Crippen molar-refractivity contribution in [1.82, 2.24) is 20.3 Å². The van der Waals surface area contributed by atoms with Gasteiger partial charge in [-0.3, -0.25) is 4.98 Å². The Kier molecular flexibility index (Phi) is 5.20. The monoisotopic (exact) mass is 334 g/mol. The molecule has 0 saturated heterocycles. The van der Waals surface area contributed by atoms with Crippen molar-refractivity contribution in [3.63, 3.8) is 0 Å². The third kappa shape index (κ3) is 3.61. The Balaban J connectivity index is 2.27. The molecule has 0 atom stereocenters. The first-order chi connectivity index (χ1) is 9.61. The number of pyridine rings is 1. The van der Waals surface area contributed by atoms with E-state index in [0.29, 0.717) is 5.82 Å². The Labute approximate surface area is 128 Å². The van der Waals surface area contributed by atoms with E-state index in [1.165, 1.54) is 5.56 Å². The lowest BCUT2D eigenvalue weighted by molar-refractivity contribution is 0.708. The fraction of sp³-hybridized carbons (Fsp3) is 0.400. The van der Waals surface area contributed by atoms with E-state index in [4.69, 9.17) is 0 Å². The van der Waals surface area contributed by atoms with Gasteiger partial charge in [-0.2, -0.15) is 0 Å². The summed E-state index contributed by atoms with van der Waals surface area (Å²) in [5.74, 6) is 0.694. The van der Waals surface area contributed by atoms with Crippen molar-refractivity contribution < 1.29 is 0 Å². The van der Waals surface area contributed by atoms with Crippen LogP contribution in [-0.4, -0.2) is 28.0 Å². The second kappa shape index (κ2) is 6.90. The summed E-state index contributed by atoms with van der Waals surface area (Å²) in [5.41, 5.74) is 4.11. The van der Waals surface area contributed by atoms with Crippen LogP contribution >= 0.6 is 15.9 Å². The van der Waals surface area contributed by atoms with Gasteiger partial charge in [0, 0.05) is 22.1 Å². The number of nitrogens with zero attached hydrogens (tertiary/aromatic N) is 3. The van der Waals surface area contributed by atoms with Gasteiger partial charge >= 0.3 is 0 Å². The van der Waals surface area contributed by atoms with E-state index in [1.54, 1.807) is 6.20 Å². The second-order valence-corrected chi connectivity index (χ2v) is 5.58. The van der Waals surface area contributed by atoms with Crippen LogP contribution in [0.15, 0.2) is 22.8 Å². The summed E-state index contributed by atoms with van der Waals surface area (Å²) in [4.78, 5) is 13.5. The normalized spacial score (nSPS) is 10.8. The molecule has 0 spiro atoms. The molecule has 2 rings (SSSR count). The highest BCUT2D eigenvalue weighted by Gasteiger charge is 2.10. The highest BCUT2D eigenvalue weighted by molar-refractivity contribution is 9.10. The number of hydrogen-bond donors (Lipinski definition) is 1. The molecule has 0 fully saturated rings.